The van der Waals surface area contributed by atoms with E-state index in [4.69, 9.17) is 16.7 Å². The van der Waals surface area contributed by atoms with E-state index >= 15 is 0 Å². The molecule has 1 aromatic heterocycles. The highest BCUT2D eigenvalue weighted by Gasteiger charge is 2.08. The van der Waals surface area contributed by atoms with E-state index in [1.165, 1.54) is 0 Å². The van der Waals surface area contributed by atoms with E-state index in [0.29, 0.717) is 11.6 Å². The number of thiazole rings is 1. The van der Waals surface area contributed by atoms with Gasteiger partial charge in [0.2, 0.25) is 0 Å². The summed E-state index contributed by atoms with van der Waals surface area (Å²) in [7, 11) is 1.92. The molecular formula is C14H13ClN2O2S. The molecule has 0 saturated carbocycles. The summed E-state index contributed by atoms with van der Waals surface area (Å²) in [5, 5.41) is 11.3. The third-order valence-corrected chi connectivity index (χ3v) is 3.56. The largest absolute Gasteiger partial charge is 0.478 e. The van der Waals surface area contributed by atoms with E-state index in [2.05, 4.69) is 4.98 Å². The van der Waals surface area contributed by atoms with Crippen molar-refractivity contribution in [2.75, 3.05) is 11.9 Å². The van der Waals surface area contributed by atoms with Gasteiger partial charge in [-0.1, -0.05) is 17.7 Å². The van der Waals surface area contributed by atoms with Crippen LogP contribution in [0.4, 0.5) is 5.69 Å². The second kappa shape index (κ2) is 6.54. The highest BCUT2D eigenvalue weighted by molar-refractivity contribution is 7.07. The first-order chi connectivity index (χ1) is 9.56. The monoisotopic (exact) mass is 308 g/mol. The lowest BCUT2D eigenvalue weighted by Gasteiger charge is -2.20. The maximum atomic E-state index is 10.6. The van der Waals surface area contributed by atoms with Gasteiger partial charge in [-0.2, -0.15) is 0 Å². The number of carboxylic acids is 1. The molecule has 1 N–H and O–H groups in total. The van der Waals surface area contributed by atoms with E-state index < -0.39 is 5.97 Å². The fourth-order valence-electron chi connectivity index (χ4n) is 1.79. The van der Waals surface area contributed by atoms with Crippen LogP contribution in [0.15, 0.2) is 35.2 Å². The van der Waals surface area contributed by atoms with Crippen LogP contribution in [0.3, 0.4) is 0 Å². The van der Waals surface area contributed by atoms with Crippen molar-refractivity contribution in [3.05, 3.63) is 51.4 Å². The summed E-state index contributed by atoms with van der Waals surface area (Å²) in [6, 6.07) is 5.35. The van der Waals surface area contributed by atoms with Crippen molar-refractivity contribution >= 4 is 40.7 Å². The summed E-state index contributed by atoms with van der Waals surface area (Å²) in [6.45, 7) is 0.637. The quantitative estimate of drug-likeness (QED) is 0.859. The van der Waals surface area contributed by atoms with Gasteiger partial charge in [0.05, 0.1) is 17.7 Å². The van der Waals surface area contributed by atoms with Crippen molar-refractivity contribution in [2.45, 2.75) is 6.54 Å². The van der Waals surface area contributed by atoms with Crippen LogP contribution in [0.5, 0.6) is 0 Å². The number of carbonyl (C=O) groups is 1. The summed E-state index contributed by atoms with van der Waals surface area (Å²) in [4.78, 5) is 16.9. The molecule has 0 aliphatic heterocycles. The van der Waals surface area contributed by atoms with Gasteiger partial charge in [0.15, 0.2) is 0 Å². The molecule has 0 aliphatic rings. The Kier molecular flexibility index (Phi) is 4.76. The third-order valence-electron chi connectivity index (χ3n) is 2.69. The second-order valence-corrected chi connectivity index (χ2v) is 5.37. The third kappa shape index (κ3) is 3.82. The maximum Gasteiger partial charge on any atom is 0.328 e. The Balaban J connectivity index is 2.28. The molecule has 0 unspecified atom stereocenters. The van der Waals surface area contributed by atoms with Crippen LogP contribution in [0, 0.1) is 0 Å². The van der Waals surface area contributed by atoms with Crippen LogP contribution < -0.4 is 4.90 Å². The molecule has 104 valence electrons. The van der Waals surface area contributed by atoms with Gasteiger partial charge in [-0.05, 0) is 23.8 Å². The highest BCUT2D eigenvalue weighted by Crippen LogP contribution is 2.26. The van der Waals surface area contributed by atoms with Crippen LogP contribution in [0.1, 0.15) is 11.3 Å². The summed E-state index contributed by atoms with van der Waals surface area (Å²) >= 11 is 7.57. The summed E-state index contributed by atoms with van der Waals surface area (Å²) in [6.07, 6.45) is 2.68. The molecule has 0 atom stereocenters. The number of nitrogens with zero attached hydrogens (tertiary/aromatic N) is 2. The molecule has 1 aromatic carbocycles. The van der Waals surface area contributed by atoms with E-state index in [0.717, 1.165) is 23.0 Å². The molecule has 0 bridgehead atoms. The van der Waals surface area contributed by atoms with Crippen molar-refractivity contribution < 1.29 is 9.90 Å². The predicted octanol–water partition coefficient (Wildman–Crippen LogP) is 3.53. The number of halogens is 1. The van der Waals surface area contributed by atoms with Crippen molar-refractivity contribution in [1.29, 1.82) is 0 Å². The summed E-state index contributed by atoms with van der Waals surface area (Å²) < 4.78 is 0. The second-order valence-electron chi connectivity index (χ2n) is 4.21. The Labute approximate surface area is 126 Å². The smallest absolute Gasteiger partial charge is 0.328 e. The number of hydrogen-bond donors (Lipinski definition) is 1. The number of anilines is 1. The fourth-order valence-corrected chi connectivity index (χ4v) is 2.51. The minimum atomic E-state index is -0.979. The Bertz CT molecular complexity index is 626. The minimum Gasteiger partial charge on any atom is -0.478 e. The van der Waals surface area contributed by atoms with Gasteiger partial charge in [-0.25, -0.2) is 9.78 Å². The molecule has 2 rings (SSSR count). The number of aliphatic carboxylic acids is 1. The molecule has 20 heavy (non-hydrogen) atoms. The summed E-state index contributed by atoms with van der Waals surface area (Å²) in [5.41, 5.74) is 4.41. The first-order valence-corrected chi connectivity index (χ1v) is 7.17. The Morgan fingerprint density at radius 1 is 1.55 bits per heavy atom. The standard InChI is InChI=1S/C14H13ClN2O2S/c1-17(7-12-8-20-9-16-12)13-6-11(15)4-2-10(13)3-5-14(18)19/h2-6,8-9H,7H2,1H3,(H,18,19)/b5-3+. The molecular weight excluding hydrogens is 296 g/mol. The average Bonchev–Trinajstić information content (AvgIpc) is 2.89. The van der Waals surface area contributed by atoms with Gasteiger partial charge in [0.25, 0.3) is 0 Å². The lowest BCUT2D eigenvalue weighted by molar-refractivity contribution is -0.131. The zero-order chi connectivity index (χ0) is 14.5. The number of aromatic nitrogens is 1. The highest BCUT2D eigenvalue weighted by atomic mass is 35.5. The van der Waals surface area contributed by atoms with Crippen LogP contribution in [0.2, 0.25) is 5.02 Å². The molecule has 2 aromatic rings. The number of benzene rings is 1. The molecule has 0 spiro atoms. The van der Waals surface area contributed by atoms with Crippen LogP contribution >= 0.6 is 22.9 Å². The Morgan fingerprint density at radius 3 is 3.00 bits per heavy atom. The predicted molar refractivity (Wildman–Crippen MR) is 82.3 cm³/mol. The van der Waals surface area contributed by atoms with Gasteiger partial charge in [0.1, 0.15) is 0 Å². The van der Waals surface area contributed by atoms with E-state index in [1.807, 2.05) is 23.4 Å². The van der Waals surface area contributed by atoms with Crippen LogP contribution in [-0.4, -0.2) is 23.1 Å². The lowest BCUT2D eigenvalue weighted by atomic mass is 10.1. The molecule has 0 aliphatic carbocycles. The average molecular weight is 309 g/mol. The van der Waals surface area contributed by atoms with Crippen molar-refractivity contribution in [3.8, 4) is 0 Å². The van der Waals surface area contributed by atoms with Crippen LogP contribution in [0.25, 0.3) is 6.08 Å². The normalized spacial score (nSPS) is 10.9. The van der Waals surface area contributed by atoms with Crippen molar-refractivity contribution in [2.24, 2.45) is 0 Å². The molecule has 0 fully saturated rings. The van der Waals surface area contributed by atoms with Gasteiger partial charge >= 0.3 is 5.97 Å². The zero-order valence-electron chi connectivity index (χ0n) is 10.8. The Morgan fingerprint density at radius 2 is 2.35 bits per heavy atom. The van der Waals surface area contributed by atoms with E-state index in [-0.39, 0.29) is 0 Å². The number of hydrogen-bond acceptors (Lipinski definition) is 4. The first kappa shape index (κ1) is 14.6. The van der Waals surface area contributed by atoms with Crippen molar-refractivity contribution in [1.82, 2.24) is 4.98 Å². The first-order valence-electron chi connectivity index (χ1n) is 5.85. The van der Waals surface area contributed by atoms with Gasteiger partial charge in [-0.15, -0.1) is 11.3 Å². The number of carboxylic acid groups (broad SMARTS) is 1. The van der Waals surface area contributed by atoms with Gasteiger partial charge < -0.3 is 10.0 Å². The lowest BCUT2D eigenvalue weighted by Crippen LogP contribution is -2.17. The van der Waals surface area contributed by atoms with Gasteiger partial charge in [0, 0.05) is 29.2 Å². The molecule has 0 amide bonds. The molecule has 0 radical (unpaired) electrons. The van der Waals surface area contributed by atoms with Gasteiger partial charge in [-0.3, -0.25) is 0 Å². The maximum absolute atomic E-state index is 10.6. The number of rotatable bonds is 5. The molecule has 6 heteroatoms. The van der Waals surface area contributed by atoms with Crippen LogP contribution in [-0.2, 0) is 11.3 Å². The van der Waals surface area contributed by atoms with Crippen molar-refractivity contribution in [3.63, 3.8) is 0 Å². The Hall–Kier alpha value is -1.85. The SMILES string of the molecule is CN(Cc1cscn1)c1cc(Cl)ccc1/C=C/C(=O)O. The molecule has 4 nitrogen and oxygen atoms in total. The molecule has 1 heterocycles. The fraction of sp³-hybridized carbons (Fsp3) is 0.143. The molecule has 0 saturated heterocycles. The van der Waals surface area contributed by atoms with E-state index in [9.17, 15) is 4.79 Å². The van der Waals surface area contributed by atoms with E-state index in [1.54, 1.807) is 35.1 Å². The topological polar surface area (TPSA) is 53.4 Å². The summed E-state index contributed by atoms with van der Waals surface area (Å²) in [5.74, 6) is -0.979. The minimum absolute atomic E-state index is 0.609. The zero-order valence-corrected chi connectivity index (χ0v) is 12.4.